The number of nitrogens with zero attached hydrogens (tertiary/aromatic N) is 1. The smallest absolute Gasteiger partial charge is 0.338 e. The van der Waals surface area contributed by atoms with Crippen molar-refractivity contribution < 1.29 is 19.4 Å². The normalized spacial score (nSPS) is 18.0. The summed E-state index contributed by atoms with van der Waals surface area (Å²) in [6, 6.07) is 6.21. The highest BCUT2D eigenvalue weighted by atomic mass is 32.1. The lowest BCUT2D eigenvalue weighted by Crippen LogP contribution is -2.46. The molecule has 1 unspecified atom stereocenters. The summed E-state index contributed by atoms with van der Waals surface area (Å²) >= 11 is 5.31. The number of phenols is 1. The second kappa shape index (κ2) is 7.43. The van der Waals surface area contributed by atoms with E-state index in [1.54, 1.807) is 43.3 Å². The Morgan fingerprint density at radius 1 is 1.35 bits per heavy atom. The van der Waals surface area contributed by atoms with E-state index >= 15 is 0 Å². The van der Waals surface area contributed by atoms with Crippen molar-refractivity contribution in [1.82, 2.24) is 10.2 Å². The van der Waals surface area contributed by atoms with E-state index in [0.717, 1.165) is 11.3 Å². The van der Waals surface area contributed by atoms with Crippen LogP contribution < -0.4 is 5.32 Å². The summed E-state index contributed by atoms with van der Waals surface area (Å²) < 4.78 is 10.2. The molecule has 0 saturated carbocycles. The number of phenolic OH excluding ortho intramolecular Hbond substituents is 1. The minimum atomic E-state index is -0.422. The number of thiocarbonyl (C=S) groups is 1. The Kier molecular flexibility index (Phi) is 5.57. The minimum Gasteiger partial charge on any atom is -0.508 e. The van der Waals surface area contributed by atoms with Crippen LogP contribution >= 0.6 is 12.2 Å². The summed E-state index contributed by atoms with van der Waals surface area (Å²) in [5.41, 5.74) is 2.04. The summed E-state index contributed by atoms with van der Waals surface area (Å²) in [6.07, 6.45) is 0. The van der Waals surface area contributed by atoms with Crippen molar-refractivity contribution in [2.24, 2.45) is 0 Å². The van der Waals surface area contributed by atoms with Crippen LogP contribution in [0.3, 0.4) is 0 Å². The Morgan fingerprint density at radius 2 is 2.00 bits per heavy atom. The number of hydrogen-bond donors (Lipinski definition) is 2. The molecule has 0 bridgehead atoms. The summed E-state index contributed by atoms with van der Waals surface area (Å²) in [4.78, 5) is 14.2. The maximum absolute atomic E-state index is 12.5. The molecule has 1 aliphatic heterocycles. The number of methoxy groups -OCH3 is 1. The van der Waals surface area contributed by atoms with Gasteiger partial charge in [-0.05, 0) is 36.8 Å². The van der Waals surface area contributed by atoms with Gasteiger partial charge in [0.05, 0.1) is 18.2 Å². The first-order valence-corrected chi connectivity index (χ1v) is 7.56. The largest absolute Gasteiger partial charge is 0.508 e. The second-order valence-corrected chi connectivity index (χ2v) is 5.55. The molecule has 1 aliphatic rings. The molecule has 0 saturated heterocycles. The van der Waals surface area contributed by atoms with E-state index in [1.807, 2.05) is 6.92 Å². The SMILES string of the molecule is COCCOC(=O)C1=C(C)N(C)C(=S)NC1c1ccc(O)cc1. The Balaban J connectivity index is 2.35. The summed E-state index contributed by atoms with van der Waals surface area (Å²) in [6.45, 7) is 2.35. The monoisotopic (exact) mass is 336 g/mol. The van der Waals surface area contributed by atoms with Gasteiger partial charge in [0.25, 0.3) is 0 Å². The fourth-order valence-electron chi connectivity index (χ4n) is 2.31. The number of allylic oxidation sites excluding steroid dienone is 1. The van der Waals surface area contributed by atoms with E-state index in [1.165, 1.54) is 0 Å². The molecule has 0 fully saturated rings. The predicted octanol–water partition coefficient (Wildman–Crippen LogP) is 1.72. The molecule has 0 aliphatic carbocycles. The zero-order valence-corrected chi connectivity index (χ0v) is 14.1. The zero-order valence-electron chi connectivity index (χ0n) is 13.3. The highest BCUT2D eigenvalue weighted by Gasteiger charge is 2.33. The van der Waals surface area contributed by atoms with Crippen LogP contribution in [-0.2, 0) is 14.3 Å². The van der Waals surface area contributed by atoms with Crippen LogP contribution in [0.25, 0.3) is 0 Å². The van der Waals surface area contributed by atoms with Crippen LogP contribution in [0.1, 0.15) is 18.5 Å². The lowest BCUT2D eigenvalue weighted by molar-refractivity contribution is -0.140. The van der Waals surface area contributed by atoms with Crippen molar-refractivity contribution in [3.05, 3.63) is 41.1 Å². The van der Waals surface area contributed by atoms with Gasteiger partial charge in [-0.25, -0.2) is 4.79 Å². The Bertz CT molecular complexity index is 627. The molecule has 1 atom stereocenters. The molecule has 2 rings (SSSR count). The van der Waals surface area contributed by atoms with Gasteiger partial charge in [0, 0.05) is 19.9 Å². The summed E-state index contributed by atoms with van der Waals surface area (Å²) in [5.74, 6) is -0.256. The average Bonchev–Trinajstić information content (AvgIpc) is 2.53. The van der Waals surface area contributed by atoms with Crippen LogP contribution in [-0.4, -0.2) is 48.5 Å². The Hall–Kier alpha value is -2.12. The molecule has 1 aromatic rings. The summed E-state index contributed by atoms with van der Waals surface area (Å²) in [7, 11) is 3.34. The second-order valence-electron chi connectivity index (χ2n) is 5.16. The van der Waals surface area contributed by atoms with E-state index in [2.05, 4.69) is 5.32 Å². The number of ether oxygens (including phenoxy) is 2. The molecule has 6 nitrogen and oxygen atoms in total. The van der Waals surface area contributed by atoms with E-state index in [4.69, 9.17) is 21.7 Å². The molecule has 1 aromatic carbocycles. The van der Waals surface area contributed by atoms with Crippen molar-refractivity contribution in [2.45, 2.75) is 13.0 Å². The Morgan fingerprint density at radius 3 is 2.61 bits per heavy atom. The van der Waals surface area contributed by atoms with Gasteiger partial charge in [0.2, 0.25) is 0 Å². The van der Waals surface area contributed by atoms with Crippen LogP contribution in [0.2, 0.25) is 0 Å². The first kappa shape index (κ1) is 17.2. The maximum Gasteiger partial charge on any atom is 0.338 e. The highest BCUT2D eigenvalue weighted by molar-refractivity contribution is 7.80. The number of carbonyl (C=O) groups is 1. The molecule has 7 heteroatoms. The fraction of sp³-hybridized carbons (Fsp3) is 0.375. The molecule has 124 valence electrons. The van der Waals surface area contributed by atoms with Gasteiger partial charge in [-0.3, -0.25) is 0 Å². The first-order chi connectivity index (χ1) is 11.0. The van der Waals surface area contributed by atoms with Crippen molar-refractivity contribution in [3.63, 3.8) is 0 Å². The lowest BCUT2D eigenvalue weighted by atomic mass is 9.95. The minimum absolute atomic E-state index is 0.161. The van der Waals surface area contributed by atoms with Gasteiger partial charge in [0.15, 0.2) is 5.11 Å². The molecule has 2 N–H and O–H groups in total. The zero-order chi connectivity index (χ0) is 17.0. The quantitative estimate of drug-likeness (QED) is 0.482. The third kappa shape index (κ3) is 3.80. The van der Waals surface area contributed by atoms with Crippen LogP contribution in [0.5, 0.6) is 5.75 Å². The van der Waals surface area contributed by atoms with Gasteiger partial charge >= 0.3 is 5.97 Å². The van der Waals surface area contributed by atoms with Crippen LogP contribution in [0, 0.1) is 0 Å². The molecule has 0 aromatic heterocycles. The molecule has 0 amide bonds. The molecule has 0 spiro atoms. The number of carbonyl (C=O) groups excluding carboxylic acids is 1. The highest BCUT2D eigenvalue weighted by Crippen LogP contribution is 2.31. The number of hydrogen-bond acceptors (Lipinski definition) is 5. The Labute approximate surface area is 140 Å². The van der Waals surface area contributed by atoms with Gasteiger partial charge in [-0.15, -0.1) is 0 Å². The van der Waals surface area contributed by atoms with Gasteiger partial charge in [-0.2, -0.15) is 0 Å². The number of rotatable bonds is 5. The van der Waals surface area contributed by atoms with Gasteiger partial charge in [0.1, 0.15) is 12.4 Å². The molecule has 23 heavy (non-hydrogen) atoms. The van der Waals surface area contributed by atoms with E-state index in [0.29, 0.717) is 17.3 Å². The van der Waals surface area contributed by atoms with Crippen molar-refractivity contribution in [3.8, 4) is 5.75 Å². The molecular formula is C16H20N2O4S. The van der Waals surface area contributed by atoms with E-state index in [-0.39, 0.29) is 12.4 Å². The number of esters is 1. The van der Waals surface area contributed by atoms with Gasteiger partial charge in [-0.1, -0.05) is 12.1 Å². The fourth-order valence-corrected chi connectivity index (χ4v) is 2.57. The standard InChI is InChI=1S/C16H20N2O4S/c1-10-13(15(20)22-9-8-21-3)14(17-16(23)18(10)2)11-4-6-12(19)7-5-11/h4-7,14,19H,8-9H2,1-3H3,(H,17,23). The predicted molar refractivity (Wildman–Crippen MR) is 89.9 cm³/mol. The number of aromatic hydroxyl groups is 1. The molecule has 0 radical (unpaired) electrons. The first-order valence-electron chi connectivity index (χ1n) is 7.15. The summed E-state index contributed by atoms with van der Waals surface area (Å²) in [5, 5.41) is 13.1. The molecular weight excluding hydrogens is 316 g/mol. The number of benzene rings is 1. The number of nitrogens with one attached hydrogen (secondary N) is 1. The average molecular weight is 336 g/mol. The van der Waals surface area contributed by atoms with Crippen molar-refractivity contribution >= 4 is 23.3 Å². The van der Waals surface area contributed by atoms with Crippen LogP contribution in [0.4, 0.5) is 0 Å². The third-order valence-electron chi connectivity index (χ3n) is 3.72. The van der Waals surface area contributed by atoms with Crippen molar-refractivity contribution in [2.75, 3.05) is 27.4 Å². The van der Waals surface area contributed by atoms with E-state index < -0.39 is 12.0 Å². The van der Waals surface area contributed by atoms with Crippen molar-refractivity contribution in [1.29, 1.82) is 0 Å². The van der Waals surface area contributed by atoms with E-state index in [9.17, 15) is 9.90 Å². The lowest BCUT2D eigenvalue weighted by Gasteiger charge is -2.35. The topological polar surface area (TPSA) is 71.0 Å². The van der Waals surface area contributed by atoms with Gasteiger partial charge < -0.3 is 24.8 Å². The third-order valence-corrected chi connectivity index (χ3v) is 4.11. The van der Waals surface area contributed by atoms with Crippen LogP contribution in [0.15, 0.2) is 35.5 Å². The molecule has 1 heterocycles. The maximum atomic E-state index is 12.5.